The number of benzene rings is 5. The third-order valence-electron chi connectivity index (χ3n) is 7.05. The first-order valence-corrected chi connectivity index (χ1v) is 10.4. The highest BCUT2D eigenvalue weighted by Crippen LogP contribution is 2.35. The Kier molecular flexibility index (Phi) is 2.51. The van der Waals surface area contributed by atoms with Crippen molar-refractivity contribution in [1.82, 2.24) is 9.78 Å². The van der Waals surface area contributed by atoms with E-state index in [9.17, 15) is 0 Å². The highest BCUT2D eigenvalue weighted by Gasteiger charge is 2.42. The Morgan fingerprint density at radius 1 is 0.600 bits per heavy atom. The molecule has 0 amide bonds. The zero-order chi connectivity index (χ0) is 19.4. The smallest absolute Gasteiger partial charge is 0.234 e. The second-order valence-corrected chi connectivity index (χ2v) is 8.42. The Bertz CT molecular complexity index is 1710. The van der Waals surface area contributed by atoms with Gasteiger partial charge in [-0.1, -0.05) is 78.3 Å². The standard InChI is InChI=1S/C27H15BN2/c1-3-8-19-16(6-1)12-13-22-21-10-5-11-23-25(21)28(24(19)22)26-20-9-4-2-7-17(20)14-18-15-29-30(23)27(18)26/h1-15H. The van der Waals surface area contributed by atoms with Crippen LogP contribution in [-0.4, -0.2) is 16.5 Å². The lowest BCUT2D eigenvalue weighted by atomic mass is 9.36. The number of rotatable bonds is 0. The summed E-state index contributed by atoms with van der Waals surface area (Å²) in [6, 6.07) is 31.2. The van der Waals surface area contributed by atoms with Gasteiger partial charge in [-0.15, -0.1) is 0 Å². The van der Waals surface area contributed by atoms with Crippen LogP contribution >= 0.6 is 0 Å². The van der Waals surface area contributed by atoms with Crippen LogP contribution in [0.3, 0.4) is 0 Å². The van der Waals surface area contributed by atoms with Crippen molar-refractivity contribution in [1.29, 1.82) is 0 Å². The van der Waals surface area contributed by atoms with Gasteiger partial charge in [-0.05, 0) is 55.7 Å². The zero-order valence-corrected chi connectivity index (χ0v) is 16.1. The molecule has 0 spiro atoms. The van der Waals surface area contributed by atoms with Gasteiger partial charge in [-0.3, -0.25) is 0 Å². The molecule has 0 bridgehead atoms. The van der Waals surface area contributed by atoms with E-state index in [-0.39, 0.29) is 6.71 Å². The molecule has 0 atom stereocenters. The monoisotopic (exact) mass is 378 g/mol. The number of fused-ring (bicyclic) bond motifs is 9. The summed E-state index contributed by atoms with van der Waals surface area (Å²) in [5.74, 6) is 0. The van der Waals surface area contributed by atoms with Crippen molar-refractivity contribution in [2.75, 3.05) is 0 Å². The third-order valence-corrected chi connectivity index (χ3v) is 7.05. The van der Waals surface area contributed by atoms with Crippen LogP contribution in [0.2, 0.25) is 0 Å². The van der Waals surface area contributed by atoms with E-state index < -0.39 is 0 Å². The Labute approximate surface area is 173 Å². The molecule has 3 heteroatoms. The minimum absolute atomic E-state index is 0.232. The van der Waals surface area contributed by atoms with Crippen molar-refractivity contribution in [3.8, 4) is 16.8 Å². The molecule has 136 valence electrons. The molecule has 3 heterocycles. The van der Waals surface area contributed by atoms with Gasteiger partial charge in [-0.25, -0.2) is 4.68 Å². The summed E-state index contributed by atoms with van der Waals surface area (Å²) in [4.78, 5) is 0. The normalized spacial score (nSPS) is 13.3. The molecule has 6 aromatic rings. The fourth-order valence-electron chi connectivity index (χ4n) is 5.92. The Balaban J connectivity index is 1.67. The molecule has 0 saturated heterocycles. The molecule has 2 aliphatic heterocycles. The minimum atomic E-state index is 0.232. The van der Waals surface area contributed by atoms with Gasteiger partial charge in [-0.2, -0.15) is 5.10 Å². The molecule has 1 aromatic heterocycles. The van der Waals surface area contributed by atoms with Crippen molar-refractivity contribution >= 4 is 55.5 Å². The molecule has 8 rings (SSSR count). The average molecular weight is 378 g/mol. The largest absolute Gasteiger partial charge is 0.250 e. The molecule has 0 saturated carbocycles. The van der Waals surface area contributed by atoms with Gasteiger partial charge in [0.15, 0.2) is 0 Å². The maximum absolute atomic E-state index is 4.84. The summed E-state index contributed by atoms with van der Waals surface area (Å²) in [7, 11) is 0. The SMILES string of the molecule is c1cc2c3c(c1)-n1ncc4cc5ccccc5c(c41)B3c1c-2ccc2ccccc12. The molecule has 2 aliphatic rings. The van der Waals surface area contributed by atoms with Gasteiger partial charge in [0.25, 0.3) is 0 Å². The lowest BCUT2D eigenvalue weighted by Gasteiger charge is -2.24. The first-order chi connectivity index (χ1) is 14.9. The number of hydrogen-bond acceptors (Lipinski definition) is 1. The summed E-state index contributed by atoms with van der Waals surface area (Å²) in [5.41, 5.74) is 9.43. The maximum atomic E-state index is 4.84. The van der Waals surface area contributed by atoms with E-state index in [1.807, 2.05) is 6.20 Å². The molecule has 0 fully saturated rings. The number of hydrogen-bond donors (Lipinski definition) is 0. The number of aromatic nitrogens is 2. The van der Waals surface area contributed by atoms with Crippen LogP contribution in [0.5, 0.6) is 0 Å². The number of nitrogens with zero attached hydrogens (tertiary/aromatic N) is 2. The van der Waals surface area contributed by atoms with E-state index in [0.717, 1.165) is 0 Å². The summed E-state index contributed by atoms with van der Waals surface area (Å²) < 4.78 is 2.17. The first kappa shape index (κ1) is 15.1. The van der Waals surface area contributed by atoms with E-state index in [0.29, 0.717) is 0 Å². The fourth-order valence-corrected chi connectivity index (χ4v) is 5.92. The van der Waals surface area contributed by atoms with Crippen molar-refractivity contribution in [3.63, 3.8) is 0 Å². The second kappa shape index (κ2) is 5.00. The van der Waals surface area contributed by atoms with Gasteiger partial charge >= 0.3 is 0 Å². The van der Waals surface area contributed by atoms with Crippen molar-refractivity contribution in [3.05, 3.63) is 91.1 Å². The van der Waals surface area contributed by atoms with Gasteiger partial charge in [0.1, 0.15) is 0 Å². The van der Waals surface area contributed by atoms with Crippen molar-refractivity contribution in [2.24, 2.45) is 0 Å². The summed E-state index contributed by atoms with van der Waals surface area (Å²) in [5, 5.41) is 11.3. The third kappa shape index (κ3) is 1.59. The van der Waals surface area contributed by atoms with Crippen LogP contribution in [0.15, 0.2) is 91.1 Å². The van der Waals surface area contributed by atoms with Gasteiger partial charge in [0.2, 0.25) is 6.71 Å². The topological polar surface area (TPSA) is 17.8 Å². The predicted octanol–water partition coefficient (Wildman–Crippen LogP) is 4.14. The van der Waals surface area contributed by atoms with Gasteiger partial charge in [0.05, 0.1) is 17.4 Å². The Hall–Kier alpha value is -3.85. The Morgan fingerprint density at radius 3 is 2.27 bits per heavy atom. The summed E-state index contributed by atoms with van der Waals surface area (Å²) >= 11 is 0. The predicted molar refractivity (Wildman–Crippen MR) is 126 cm³/mol. The van der Waals surface area contributed by atoms with Gasteiger partial charge in [0, 0.05) is 5.39 Å². The second-order valence-electron chi connectivity index (χ2n) is 8.42. The van der Waals surface area contributed by atoms with E-state index in [2.05, 4.69) is 89.6 Å². The molecule has 0 aliphatic carbocycles. The van der Waals surface area contributed by atoms with Crippen LogP contribution in [-0.2, 0) is 0 Å². The minimum Gasteiger partial charge on any atom is -0.234 e. The quantitative estimate of drug-likeness (QED) is 0.363. The molecule has 5 aromatic carbocycles. The fraction of sp³-hybridized carbons (Fsp3) is 0. The van der Waals surface area contributed by atoms with E-state index in [1.54, 1.807) is 0 Å². The van der Waals surface area contributed by atoms with Crippen LogP contribution in [0, 0.1) is 0 Å². The van der Waals surface area contributed by atoms with Crippen LogP contribution in [0.1, 0.15) is 0 Å². The summed E-state index contributed by atoms with van der Waals surface area (Å²) in [6.45, 7) is 0.232. The van der Waals surface area contributed by atoms with E-state index >= 15 is 0 Å². The molecular formula is C27H15BN2. The molecule has 30 heavy (non-hydrogen) atoms. The summed E-state index contributed by atoms with van der Waals surface area (Å²) in [6.07, 6.45) is 2.02. The van der Waals surface area contributed by atoms with E-state index in [1.165, 1.54) is 65.7 Å². The zero-order valence-electron chi connectivity index (χ0n) is 16.1. The molecular weight excluding hydrogens is 363 g/mol. The lowest BCUT2D eigenvalue weighted by Crippen LogP contribution is -2.53. The lowest BCUT2D eigenvalue weighted by molar-refractivity contribution is 0.916. The molecule has 0 N–H and O–H groups in total. The van der Waals surface area contributed by atoms with Gasteiger partial charge < -0.3 is 0 Å². The molecule has 0 unspecified atom stereocenters. The van der Waals surface area contributed by atoms with E-state index in [4.69, 9.17) is 5.10 Å². The molecule has 2 nitrogen and oxygen atoms in total. The highest BCUT2D eigenvalue weighted by atomic mass is 15.3. The van der Waals surface area contributed by atoms with Crippen LogP contribution < -0.4 is 16.4 Å². The molecule has 0 radical (unpaired) electrons. The first-order valence-electron chi connectivity index (χ1n) is 10.4. The van der Waals surface area contributed by atoms with Crippen molar-refractivity contribution in [2.45, 2.75) is 0 Å². The maximum Gasteiger partial charge on any atom is 0.250 e. The van der Waals surface area contributed by atoms with Crippen LogP contribution in [0.4, 0.5) is 0 Å². The highest BCUT2D eigenvalue weighted by molar-refractivity contribution is 7.03. The van der Waals surface area contributed by atoms with Crippen LogP contribution in [0.25, 0.3) is 49.3 Å². The Morgan fingerprint density at radius 2 is 1.37 bits per heavy atom. The van der Waals surface area contributed by atoms with Crippen molar-refractivity contribution < 1.29 is 0 Å². The average Bonchev–Trinajstić information content (AvgIpc) is 3.37.